The maximum Gasteiger partial charge on any atom is 0.341 e. The first-order chi connectivity index (χ1) is 13.3. The minimum absolute atomic E-state index is 0.130. The number of pyridine rings is 1. The average Bonchev–Trinajstić information content (AvgIpc) is 3.04. The molecule has 0 fully saturated rings. The molecule has 0 spiro atoms. The van der Waals surface area contributed by atoms with Gasteiger partial charge in [0.05, 0.1) is 11.3 Å². The highest BCUT2D eigenvalue weighted by molar-refractivity contribution is 7.98. The zero-order valence-corrected chi connectivity index (χ0v) is 16.8. The number of carbonyl (C=O) groups is 3. The number of hydrogen-bond donors (Lipinski definition) is 2. The molecule has 0 saturated carbocycles. The molecule has 9 nitrogen and oxygen atoms in total. The quantitative estimate of drug-likeness (QED) is 0.531. The predicted octanol–water partition coefficient (Wildman–Crippen LogP) is 2.45. The van der Waals surface area contributed by atoms with E-state index in [0.29, 0.717) is 16.5 Å². The summed E-state index contributed by atoms with van der Waals surface area (Å²) in [6.07, 6.45) is 0.404. The maximum absolute atomic E-state index is 12.5. The van der Waals surface area contributed by atoms with Gasteiger partial charge in [-0.3, -0.25) is 10.1 Å². The van der Waals surface area contributed by atoms with E-state index in [1.54, 1.807) is 45.2 Å². The fraction of sp³-hybridized carbons (Fsp3) is 0.389. The minimum Gasteiger partial charge on any atom is -0.449 e. The van der Waals surface area contributed by atoms with Crippen LogP contribution in [0, 0.1) is 6.92 Å². The molecule has 10 heteroatoms. The monoisotopic (exact) mass is 406 g/mol. The van der Waals surface area contributed by atoms with Crippen molar-refractivity contribution in [2.24, 2.45) is 0 Å². The van der Waals surface area contributed by atoms with Gasteiger partial charge >= 0.3 is 12.0 Å². The van der Waals surface area contributed by atoms with Crippen LogP contribution in [0.25, 0.3) is 0 Å². The number of esters is 1. The van der Waals surface area contributed by atoms with Gasteiger partial charge in [0.1, 0.15) is 10.8 Å². The number of urea groups is 1. The van der Waals surface area contributed by atoms with Crippen LogP contribution in [-0.2, 0) is 15.3 Å². The highest BCUT2D eigenvalue weighted by Gasteiger charge is 2.23. The number of aryl methyl sites for hydroxylation is 1. The Balaban J connectivity index is 1.97. The third-order valence-corrected chi connectivity index (χ3v) is 4.37. The van der Waals surface area contributed by atoms with E-state index in [-0.39, 0.29) is 11.6 Å². The number of ether oxygens (including phenoxy) is 1. The molecule has 1 atom stereocenters. The highest BCUT2D eigenvalue weighted by atomic mass is 32.2. The van der Waals surface area contributed by atoms with E-state index < -0.39 is 24.0 Å². The van der Waals surface area contributed by atoms with Crippen LogP contribution in [-0.4, -0.2) is 40.2 Å². The lowest BCUT2D eigenvalue weighted by Gasteiger charge is -2.15. The summed E-state index contributed by atoms with van der Waals surface area (Å²) in [5.74, 6) is -0.279. The molecule has 2 aromatic rings. The molecule has 0 bridgehead atoms. The number of hydrogen-bond acceptors (Lipinski definition) is 8. The van der Waals surface area contributed by atoms with E-state index in [0.717, 1.165) is 5.69 Å². The molecule has 0 aliphatic rings. The van der Waals surface area contributed by atoms with Gasteiger partial charge in [-0.2, -0.15) is 0 Å². The van der Waals surface area contributed by atoms with Crippen molar-refractivity contribution in [2.75, 3.05) is 0 Å². The predicted molar refractivity (Wildman–Crippen MR) is 102 cm³/mol. The van der Waals surface area contributed by atoms with Gasteiger partial charge in [-0.05, 0) is 39.8 Å². The first kappa shape index (κ1) is 21.4. The highest BCUT2D eigenvalue weighted by Crippen LogP contribution is 2.24. The van der Waals surface area contributed by atoms with Crippen LogP contribution in [0.3, 0.4) is 0 Å². The standard InChI is InChI=1S/C18H22N4O5S/c1-10(2)20-18(25)21-15(23)12(4)26-17(24)14-6-5-7-19-16(14)28-9-13-8-11(3)27-22-13/h5-8,10,12H,9H2,1-4H3,(H2,20,21,23,25). The summed E-state index contributed by atoms with van der Waals surface area (Å²) in [5, 5.41) is 8.98. The van der Waals surface area contributed by atoms with Crippen LogP contribution in [0.15, 0.2) is 33.9 Å². The summed E-state index contributed by atoms with van der Waals surface area (Å²) in [6.45, 7) is 6.70. The molecule has 28 heavy (non-hydrogen) atoms. The zero-order chi connectivity index (χ0) is 20.7. The number of aromatic nitrogens is 2. The average molecular weight is 406 g/mol. The molecule has 0 radical (unpaired) electrons. The van der Waals surface area contributed by atoms with Gasteiger partial charge in [-0.25, -0.2) is 14.6 Å². The van der Waals surface area contributed by atoms with Crippen LogP contribution >= 0.6 is 11.8 Å². The third kappa shape index (κ3) is 6.38. The number of imide groups is 1. The molecular weight excluding hydrogens is 384 g/mol. The van der Waals surface area contributed by atoms with Crippen LogP contribution in [0.5, 0.6) is 0 Å². The van der Waals surface area contributed by atoms with Gasteiger partial charge in [0.25, 0.3) is 5.91 Å². The van der Waals surface area contributed by atoms with Gasteiger partial charge in [0, 0.05) is 24.1 Å². The van der Waals surface area contributed by atoms with Crippen LogP contribution in [0.1, 0.15) is 42.6 Å². The Morgan fingerprint density at radius 1 is 1.29 bits per heavy atom. The first-order valence-corrected chi connectivity index (χ1v) is 9.57. The Morgan fingerprint density at radius 2 is 2.04 bits per heavy atom. The lowest BCUT2D eigenvalue weighted by Crippen LogP contribution is -2.46. The number of nitrogens with one attached hydrogen (secondary N) is 2. The van der Waals surface area contributed by atoms with Crippen molar-refractivity contribution in [3.05, 3.63) is 41.4 Å². The van der Waals surface area contributed by atoms with E-state index in [4.69, 9.17) is 9.26 Å². The normalized spacial score (nSPS) is 11.8. The summed E-state index contributed by atoms with van der Waals surface area (Å²) in [4.78, 5) is 40.3. The van der Waals surface area contributed by atoms with Crippen LogP contribution < -0.4 is 10.6 Å². The van der Waals surface area contributed by atoms with Crippen molar-refractivity contribution in [3.8, 4) is 0 Å². The van der Waals surface area contributed by atoms with Crippen molar-refractivity contribution in [3.63, 3.8) is 0 Å². The molecule has 0 aliphatic carbocycles. The van der Waals surface area contributed by atoms with Crippen LogP contribution in [0.4, 0.5) is 4.79 Å². The Labute approximate surface area is 166 Å². The first-order valence-electron chi connectivity index (χ1n) is 8.58. The van der Waals surface area contributed by atoms with Gasteiger partial charge in [-0.15, -0.1) is 0 Å². The second-order valence-electron chi connectivity index (χ2n) is 6.24. The molecular formula is C18H22N4O5S. The Morgan fingerprint density at radius 3 is 2.68 bits per heavy atom. The zero-order valence-electron chi connectivity index (χ0n) is 16.0. The molecule has 1 unspecified atom stereocenters. The summed E-state index contributed by atoms with van der Waals surface area (Å²) in [6, 6.07) is 4.17. The smallest absolute Gasteiger partial charge is 0.341 e. The molecule has 0 saturated heterocycles. The lowest BCUT2D eigenvalue weighted by atomic mass is 10.3. The van der Waals surface area contributed by atoms with Crippen molar-refractivity contribution >= 4 is 29.7 Å². The Bertz CT molecular complexity index is 852. The van der Waals surface area contributed by atoms with E-state index in [1.807, 2.05) is 0 Å². The molecule has 2 aromatic heterocycles. The summed E-state index contributed by atoms with van der Waals surface area (Å²) < 4.78 is 10.2. The molecule has 150 valence electrons. The SMILES string of the molecule is Cc1cc(CSc2ncccc2C(=O)OC(C)C(=O)NC(=O)NC(C)C)no1. The topological polar surface area (TPSA) is 123 Å². The van der Waals surface area contributed by atoms with E-state index in [2.05, 4.69) is 20.8 Å². The number of nitrogens with zero attached hydrogens (tertiary/aromatic N) is 2. The molecule has 2 rings (SSSR count). The fourth-order valence-electron chi connectivity index (χ4n) is 2.08. The second-order valence-corrected chi connectivity index (χ2v) is 7.20. The molecule has 2 N–H and O–H groups in total. The second kappa shape index (κ2) is 9.88. The maximum atomic E-state index is 12.5. The summed E-state index contributed by atoms with van der Waals surface area (Å²) in [5.41, 5.74) is 0.940. The van der Waals surface area contributed by atoms with Gasteiger partial charge in [-0.1, -0.05) is 16.9 Å². The Kier molecular flexibility index (Phi) is 7.56. The van der Waals surface area contributed by atoms with E-state index >= 15 is 0 Å². The molecule has 0 aliphatic heterocycles. The van der Waals surface area contributed by atoms with E-state index in [9.17, 15) is 14.4 Å². The number of amides is 3. The number of rotatable bonds is 7. The minimum atomic E-state index is -1.15. The third-order valence-electron chi connectivity index (χ3n) is 3.33. The van der Waals surface area contributed by atoms with Gasteiger partial charge in [0.15, 0.2) is 6.10 Å². The van der Waals surface area contributed by atoms with Gasteiger partial charge in [0.2, 0.25) is 0 Å². The molecule has 3 amide bonds. The summed E-state index contributed by atoms with van der Waals surface area (Å²) >= 11 is 1.30. The van der Waals surface area contributed by atoms with Crippen molar-refractivity contribution in [1.29, 1.82) is 0 Å². The summed E-state index contributed by atoms with van der Waals surface area (Å²) in [7, 11) is 0. The number of thioether (sulfide) groups is 1. The number of carbonyl (C=O) groups excluding carboxylic acids is 3. The Hall–Kier alpha value is -2.88. The van der Waals surface area contributed by atoms with Crippen LogP contribution in [0.2, 0.25) is 0 Å². The molecule has 0 aromatic carbocycles. The van der Waals surface area contributed by atoms with E-state index in [1.165, 1.54) is 18.7 Å². The molecule has 2 heterocycles. The van der Waals surface area contributed by atoms with Crippen molar-refractivity contribution < 1.29 is 23.6 Å². The lowest BCUT2D eigenvalue weighted by molar-refractivity contribution is -0.127. The van der Waals surface area contributed by atoms with Crippen molar-refractivity contribution in [1.82, 2.24) is 20.8 Å². The largest absolute Gasteiger partial charge is 0.449 e. The fourth-order valence-corrected chi connectivity index (χ4v) is 2.94. The van der Waals surface area contributed by atoms with Gasteiger partial charge < -0.3 is 14.6 Å². The van der Waals surface area contributed by atoms with Crippen molar-refractivity contribution in [2.45, 2.75) is 50.6 Å².